The predicted molar refractivity (Wildman–Crippen MR) is 75.0 cm³/mol. The normalized spacial score (nSPS) is 12.1. The molecule has 0 rings (SSSR count). The Bertz CT molecular complexity index is 237. The first-order chi connectivity index (χ1) is 8.06. The van der Waals surface area contributed by atoms with Crippen LogP contribution in [-0.2, 0) is 9.59 Å². The quantitative estimate of drug-likeness (QED) is 0.364. The van der Waals surface area contributed by atoms with Crippen LogP contribution in [0.2, 0.25) is 0 Å². The highest BCUT2D eigenvalue weighted by atomic mass is 32.1. The lowest BCUT2D eigenvalue weighted by molar-refractivity contribution is -0.136. The van der Waals surface area contributed by atoms with Crippen molar-refractivity contribution in [1.82, 2.24) is 5.32 Å². The molecule has 17 heavy (non-hydrogen) atoms. The highest BCUT2D eigenvalue weighted by molar-refractivity contribution is 7.81. The monoisotopic (exact) mass is 279 g/mol. The number of hydrogen-bond donors (Lipinski definition) is 4. The average molecular weight is 279 g/mol. The van der Waals surface area contributed by atoms with Gasteiger partial charge in [0.25, 0.3) is 0 Å². The van der Waals surface area contributed by atoms with Crippen molar-refractivity contribution >= 4 is 37.1 Å². The van der Waals surface area contributed by atoms with Crippen molar-refractivity contribution in [3.05, 3.63) is 0 Å². The number of carbonyl (C=O) groups is 2. The molecular weight excluding hydrogens is 258 g/mol. The van der Waals surface area contributed by atoms with Crippen molar-refractivity contribution in [2.75, 3.05) is 12.3 Å². The van der Waals surface area contributed by atoms with Crippen molar-refractivity contribution in [2.45, 2.75) is 43.8 Å². The third-order valence-electron chi connectivity index (χ3n) is 2.31. The van der Waals surface area contributed by atoms with E-state index in [-0.39, 0.29) is 18.9 Å². The fourth-order valence-electron chi connectivity index (χ4n) is 1.36. The van der Waals surface area contributed by atoms with Gasteiger partial charge in [0.05, 0.1) is 6.42 Å². The minimum absolute atomic E-state index is 0.0214. The van der Waals surface area contributed by atoms with Gasteiger partial charge in [-0.15, -0.1) is 0 Å². The van der Waals surface area contributed by atoms with E-state index >= 15 is 0 Å². The Labute approximate surface area is 113 Å². The molecule has 1 unspecified atom stereocenters. The molecule has 0 spiro atoms. The molecule has 1 atom stereocenters. The first-order valence-corrected chi connectivity index (χ1v) is 6.98. The van der Waals surface area contributed by atoms with E-state index in [4.69, 9.17) is 5.11 Å². The lowest BCUT2D eigenvalue weighted by atomic mass is 10.1. The van der Waals surface area contributed by atoms with Gasteiger partial charge in [-0.25, -0.2) is 0 Å². The number of amides is 1. The molecule has 0 aliphatic heterocycles. The maximum absolute atomic E-state index is 11.3. The average Bonchev–Trinajstić information content (AvgIpc) is 2.24. The van der Waals surface area contributed by atoms with Gasteiger partial charge >= 0.3 is 5.97 Å². The number of hydrogen-bond acceptors (Lipinski definition) is 4. The van der Waals surface area contributed by atoms with Gasteiger partial charge in [0.1, 0.15) is 0 Å². The smallest absolute Gasteiger partial charge is 0.305 e. The van der Waals surface area contributed by atoms with Crippen LogP contribution >= 0.6 is 25.3 Å². The van der Waals surface area contributed by atoms with Crippen LogP contribution in [0.3, 0.4) is 0 Å². The fraction of sp³-hybridized carbons (Fsp3) is 0.818. The fourth-order valence-corrected chi connectivity index (χ4v) is 2.18. The van der Waals surface area contributed by atoms with Crippen molar-refractivity contribution in [1.29, 1.82) is 0 Å². The third-order valence-corrected chi connectivity index (χ3v) is 3.09. The Morgan fingerprint density at radius 1 is 1.18 bits per heavy atom. The zero-order valence-corrected chi connectivity index (χ0v) is 11.7. The summed E-state index contributed by atoms with van der Waals surface area (Å²) in [7, 11) is 0. The van der Waals surface area contributed by atoms with E-state index in [0.29, 0.717) is 11.7 Å². The zero-order valence-electron chi connectivity index (χ0n) is 9.89. The summed E-state index contributed by atoms with van der Waals surface area (Å²) < 4.78 is 0. The standard InChI is InChI=1S/C11H21NO3S2/c13-10(12-7-5-11(14)15)4-2-1-3-9(17)6-8-16/h9,16-17H,1-8H2,(H,12,13)(H,14,15). The first kappa shape index (κ1) is 16.6. The molecule has 0 bridgehead atoms. The van der Waals surface area contributed by atoms with Gasteiger partial charge in [0.15, 0.2) is 0 Å². The van der Waals surface area contributed by atoms with Crippen LogP contribution in [0.15, 0.2) is 0 Å². The van der Waals surface area contributed by atoms with Crippen molar-refractivity contribution in [2.24, 2.45) is 0 Å². The summed E-state index contributed by atoms with van der Waals surface area (Å²) >= 11 is 8.53. The summed E-state index contributed by atoms with van der Waals surface area (Å²) in [6.07, 6.45) is 4.20. The Morgan fingerprint density at radius 3 is 2.47 bits per heavy atom. The molecule has 0 aromatic rings. The van der Waals surface area contributed by atoms with Crippen LogP contribution in [-0.4, -0.2) is 34.5 Å². The molecule has 0 saturated carbocycles. The van der Waals surface area contributed by atoms with Crippen LogP contribution < -0.4 is 5.32 Å². The zero-order chi connectivity index (χ0) is 13.1. The molecule has 0 aliphatic carbocycles. The number of unbranched alkanes of at least 4 members (excludes halogenated alkanes) is 1. The second kappa shape index (κ2) is 10.8. The number of carboxylic acid groups (broad SMARTS) is 1. The maximum Gasteiger partial charge on any atom is 0.305 e. The Balaban J connectivity index is 3.36. The SMILES string of the molecule is O=C(O)CCNC(=O)CCCCC(S)CCS. The molecule has 0 aromatic carbocycles. The van der Waals surface area contributed by atoms with Gasteiger partial charge < -0.3 is 10.4 Å². The molecule has 0 aromatic heterocycles. The summed E-state index contributed by atoms with van der Waals surface area (Å²) in [5.74, 6) is -0.129. The maximum atomic E-state index is 11.3. The van der Waals surface area contributed by atoms with Crippen molar-refractivity contribution in [3.63, 3.8) is 0 Å². The highest BCUT2D eigenvalue weighted by Crippen LogP contribution is 2.12. The third kappa shape index (κ3) is 11.9. The van der Waals surface area contributed by atoms with E-state index in [1.54, 1.807) is 0 Å². The summed E-state index contributed by atoms with van der Waals surface area (Å²) in [6, 6.07) is 0. The van der Waals surface area contributed by atoms with E-state index in [2.05, 4.69) is 30.6 Å². The Hall–Kier alpha value is -0.360. The molecule has 2 N–H and O–H groups in total. The molecule has 0 fully saturated rings. The van der Waals surface area contributed by atoms with Gasteiger partial charge in [-0.05, 0) is 25.0 Å². The number of rotatable bonds is 10. The van der Waals surface area contributed by atoms with Gasteiger partial charge in [-0.3, -0.25) is 9.59 Å². The van der Waals surface area contributed by atoms with Crippen molar-refractivity contribution in [3.8, 4) is 0 Å². The van der Waals surface area contributed by atoms with E-state index in [1.165, 1.54) is 0 Å². The molecule has 0 radical (unpaired) electrons. The van der Waals surface area contributed by atoms with Gasteiger partial charge in [0, 0.05) is 18.2 Å². The summed E-state index contributed by atoms with van der Waals surface area (Å²) in [5.41, 5.74) is 0. The van der Waals surface area contributed by atoms with Crippen LogP contribution in [0.4, 0.5) is 0 Å². The molecular formula is C11H21NO3S2. The minimum atomic E-state index is -0.894. The van der Waals surface area contributed by atoms with Gasteiger partial charge in [0.2, 0.25) is 5.91 Å². The highest BCUT2D eigenvalue weighted by Gasteiger charge is 2.04. The van der Waals surface area contributed by atoms with E-state index < -0.39 is 5.97 Å². The van der Waals surface area contributed by atoms with Gasteiger partial charge in [-0.1, -0.05) is 6.42 Å². The lowest BCUT2D eigenvalue weighted by Crippen LogP contribution is -2.25. The van der Waals surface area contributed by atoms with Crippen LogP contribution in [0.1, 0.15) is 38.5 Å². The topological polar surface area (TPSA) is 66.4 Å². The Morgan fingerprint density at radius 2 is 1.88 bits per heavy atom. The number of nitrogens with one attached hydrogen (secondary N) is 1. The summed E-state index contributed by atoms with van der Waals surface area (Å²) in [5, 5.41) is 11.3. The molecule has 0 aliphatic rings. The molecule has 0 saturated heterocycles. The predicted octanol–water partition coefficient (Wildman–Crippen LogP) is 1.76. The molecule has 100 valence electrons. The number of thiol groups is 2. The minimum Gasteiger partial charge on any atom is -0.481 e. The lowest BCUT2D eigenvalue weighted by Gasteiger charge is -2.08. The van der Waals surface area contributed by atoms with Crippen LogP contribution in [0.25, 0.3) is 0 Å². The largest absolute Gasteiger partial charge is 0.481 e. The number of carbonyl (C=O) groups excluding carboxylic acids is 1. The summed E-state index contributed by atoms with van der Waals surface area (Å²) in [4.78, 5) is 21.5. The second-order valence-electron chi connectivity index (χ2n) is 3.91. The number of carboxylic acids is 1. The van der Waals surface area contributed by atoms with Crippen molar-refractivity contribution < 1.29 is 14.7 Å². The van der Waals surface area contributed by atoms with E-state index in [0.717, 1.165) is 31.4 Å². The van der Waals surface area contributed by atoms with E-state index in [9.17, 15) is 9.59 Å². The number of aliphatic carboxylic acids is 1. The second-order valence-corrected chi connectivity index (χ2v) is 5.08. The van der Waals surface area contributed by atoms with E-state index in [1.807, 2.05) is 0 Å². The summed E-state index contributed by atoms with van der Waals surface area (Å²) in [6.45, 7) is 0.211. The molecule has 4 nitrogen and oxygen atoms in total. The molecule has 1 amide bonds. The van der Waals surface area contributed by atoms with Crippen LogP contribution in [0.5, 0.6) is 0 Å². The molecule has 6 heteroatoms. The van der Waals surface area contributed by atoms with Gasteiger partial charge in [-0.2, -0.15) is 25.3 Å². The van der Waals surface area contributed by atoms with Crippen LogP contribution in [0, 0.1) is 0 Å². The molecule has 0 heterocycles. The Kier molecular flexibility index (Phi) is 10.5. The first-order valence-electron chi connectivity index (χ1n) is 5.83.